The van der Waals surface area contributed by atoms with E-state index >= 15 is 0 Å². The van der Waals surface area contributed by atoms with E-state index in [2.05, 4.69) is 5.32 Å². The molecule has 8 heteroatoms. The van der Waals surface area contributed by atoms with Crippen molar-refractivity contribution in [2.24, 2.45) is 5.73 Å². The second-order valence-corrected chi connectivity index (χ2v) is 4.16. The summed E-state index contributed by atoms with van der Waals surface area (Å²) in [5, 5.41) is 13.4. The largest absolute Gasteiger partial charge is 0.492 e. The zero-order valence-corrected chi connectivity index (χ0v) is 11.0. The number of nitrogens with one attached hydrogen (secondary N) is 1. The van der Waals surface area contributed by atoms with E-state index in [0.717, 1.165) is 0 Å². The minimum absolute atomic E-state index is 0.109. The van der Waals surface area contributed by atoms with Crippen LogP contribution in [-0.4, -0.2) is 30.5 Å². The molecule has 0 aliphatic carbocycles. The van der Waals surface area contributed by atoms with Crippen LogP contribution >= 0.6 is 11.6 Å². The summed E-state index contributed by atoms with van der Waals surface area (Å²) in [4.78, 5) is 20.9. The molecule has 0 spiro atoms. The van der Waals surface area contributed by atoms with Gasteiger partial charge in [-0.05, 0) is 13.1 Å². The number of carbonyl (C=O) groups is 1. The second-order valence-electron chi connectivity index (χ2n) is 3.75. The molecular formula is C11H14ClN3O4. The third-order valence-electron chi connectivity index (χ3n) is 2.48. The Hall–Kier alpha value is -1.86. The van der Waals surface area contributed by atoms with Crippen LogP contribution in [0.1, 0.15) is 6.42 Å². The fourth-order valence-electron chi connectivity index (χ4n) is 1.44. The van der Waals surface area contributed by atoms with Crippen LogP contribution in [0.5, 0.6) is 5.75 Å². The standard InChI is InChI=1S/C11H14ClN3O4/c1-14-9(11(13)16)4-5-19-10-3-2-7(15(17)18)6-8(10)12/h2-3,6,9,14H,4-5H2,1H3,(H2,13,16). The molecule has 1 aromatic rings. The Kier molecular flexibility index (Phi) is 5.53. The van der Waals surface area contributed by atoms with E-state index in [1.165, 1.54) is 18.2 Å². The molecule has 0 bridgehead atoms. The first kappa shape index (κ1) is 15.2. The van der Waals surface area contributed by atoms with Crippen molar-refractivity contribution >= 4 is 23.2 Å². The normalized spacial score (nSPS) is 11.9. The molecule has 1 aromatic carbocycles. The average molecular weight is 288 g/mol. The Morgan fingerprint density at radius 3 is 2.79 bits per heavy atom. The van der Waals surface area contributed by atoms with Gasteiger partial charge >= 0.3 is 0 Å². The molecule has 0 aliphatic heterocycles. The van der Waals surface area contributed by atoms with Crippen LogP contribution in [0.15, 0.2) is 18.2 Å². The van der Waals surface area contributed by atoms with Crippen LogP contribution in [0.4, 0.5) is 5.69 Å². The van der Waals surface area contributed by atoms with Crippen LogP contribution in [-0.2, 0) is 4.79 Å². The highest BCUT2D eigenvalue weighted by molar-refractivity contribution is 6.32. The zero-order valence-electron chi connectivity index (χ0n) is 10.3. The number of non-ortho nitro benzene ring substituents is 1. The van der Waals surface area contributed by atoms with E-state index in [0.29, 0.717) is 12.2 Å². The summed E-state index contributed by atoms with van der Waals surface area (Å²) in [5.41, 5.74) is 5.04. The van der Waals surface area contributed by atoms with Crippen LogP contribution in [0.2, 0.25) is 5.02 Å². The van der Waals surface area contributed by atoms with Crippen LogP contribution in [0.3, 0.4) is 0 Å². The van der Waals surface area contributed by atoms with Gasteiger partial charge < -0.3 is 15.8 Å². The smallest absolute Gasteiger partial charge is 0.271 e. The third kappa shape index (κ3) is 4.38. The van der Waals surface area contributed by atoms with Gasteiger partial charge in [-0.25, -0.2) is 0 Å². The molecule has 0 radical (unpaired) electrons. The van der Waals surface area contributed by atoms with E-state index in [1.54, 1.807) is 7.05 Å². The highest BCUT2D eigenvalue weighted by atomic mass is 35.5. The number of nitrogens with two attached hydrogens (primary N) is 1. The van der Waals surface area contributed by atoms with Crippen molar-refractivity contribution < 1.29 is 14.5 Å². The van der Waals surface area contributed by atoms with E-state index in [9.17, 15) is 14.9 Å². The SMILES string of the molecule is CNC(CCOc1ccc([N+](=O)[O-])cc1Cl)C(N)=O. The van der Waals surface area contributed by atoms with Crippen molar-refractivity contribution in [3.8, 4) is 5.75 Å². The van der Waals surface area contributed by atoms with Crippen molar-refractivity contribution in [1.82, 2.24) is 5.32 Å². The number of rotatable bonds is 7. The number of primary amides is 1. The molecule has 19 heavy (non-hydrogen) atoms. The van der Waals surface area contributed by atoms with E-state index in [-0.39, 0.29) is 17.3 Å². The highest BCUT2D eigenvalue weighted by Crippen LogP contribution is 2.28. The average Bonchev–Trinajstić information content (AvgIpc) is 2.35. The highest BCUT2D eigenvalue weighted by Gasteiger charge is 2.14. The summed E-state index contributed by atoms with van der Waals surface area (Å²) in [7, 11) is 1.62. The maximum atomic E-state index is 11.0. The van der Waals surface area contributed by atoms with Crippen molar-refractivity contribution in [2.45, 2.75) is 12.5 Å². The third-order valence-corrected chi connectivity index (χ3v) is 2.78. The molecule has 0 aliphatic rings. The molecular weight excluding hydrogens is 274 g/mol. The number of nitro groups is 1. The zero-order chi connectivity index (χ0) is 14.4. The Labute approximate surface area is 114 Å². The first-order valence-corrected chi connectivity index (χ1v) is 5.86. The molecule has 0 aromatic heterocycles. The molecule has 1 rings (SSSR count). The van der Waals surface area contributed by atoms with Gasteiger partial charge in [-0.1, -0.05) is 11.6 Å². The van der Waals surface area contributed by atoms with Gasteiger partial charge in [-0.3, -0.25) is 14.9 Å². The molecule has 0 saturated heterocycles. The van der Waals surface area contributed by atoms with Gasteiger partial charge in [0, 0.05) is 18.6 Å². The van der Waals surface area contributed by atoms with Gasteiger partial charge in [-0.15, -0.1) is 0 Å². The Morgan fingerprint density at radius 1 is 1.63 bits per heavy atom. The van der Waals surface area contributed by atoms with Gasteiger partial charge in [0.25, 0.3) is 5.69 Å². The molecule has 0 fully saturated rings. The summed E-state index contributed by atoms with van der Waals surface area (Å²) >= 11 is 5.85. The summed E-state index contributed by atoms with van der Waals surface area (Å²) in [6, 6.07) is 3.43. The lowest BCUT2D eigenvalue weighted by atomic mass is 10.2. The summed E-state index contributed by atoms with van der Waals surface area (Å²) < 4.78 is 5.35. The number of hydrogen-bond donors (Lipinski definition) is 2. The van der Waals surface area contributed by atoms with E-state index in [4.69, 9.17) is 22.1 Å². The number of amides is 1. The number of hydrogen-bond acceptors (Lipinski definition) is 5. The molecule has 0 heterocycles. The van der Waals surface area contributed by atoms with Gasteiger partial charge in [0.05, 0.1) is 22.6 Å². The number of benzene rings is 1. The van der Waals surface area contributed by atoms with Crippen LogP contribution < -0.4 is 15.8 Å². The molecule has 1 unspecified atom stereocenters. The van der Waals surface area contributed by atoms with Gasteiger partial charge in [-0.2, -0.15) is 0 Å². The molecule has 104 valence electrons. The minimum Gasteiger partial charge on any atom is -0.492 e. The molecule has 7 nitrogen and oxygen atoms in total. The van der Waals surface area contributed by atoms with Gasteiger partial charge in [0.15, 0.2) is 0 Å². The molecule has 1 atom stereocenters. The second kappa shape index (κ2) is 6.91. The van der Waals surface area contributed by atoms with Crippen molar-refractivity contribution in [3.05, 3.63) is 33.3 Å². The molecule has 1 amide bonds. The predicted molar refractivity (Wildman–Crippen MR) is 70.3 cm³/mol. The fraction of sp³-hybridized carbons (Fsp3) is 0.364. The Balaban J connectivity index is 2.59. The topological polar surface area (TPSA) is 107 Å². The predicted octanol–water partition coefficient (Wildman–Crippen LogP) is 1.09. The Morgan fingerprint density at radius 2 is 2.32 bits per heavy atom. The summed E-state index contributed by atoms with van der Waals surface area (Å²) in [5.74, 6) is -0.146. The number of likely N-dealkylation sites (N-methyl/N-ethyl adjacent to an activating group) is 1. The first-order chi connectivity index (χ1) is 8.95. The van der Waals surface area contributed by atoms with E-state index < -0.39 is 16.9 Å². The first-order valence-electron chi connectivity index (χ1n) is 5.49. The fourth-order valence-corrected chi connectivity index (χ4v) is 1.67. The molecule has 0 saturated carbocycles. The Bertz CT molecular complexity index is 481. The lowest BCUT2D eigenvalue weighted by Crippen LogP contribution is -2.40. The lowest BCUT2D eigenvalue weighted by Gasteiger charge is -2.13. The number of nitro benzene ring substituents is 1. The van der Waals surface area contributed by atoms with Gasteiger partial charge in [0.2, 0.25) is 5.91 Å². The number of nitrogens with zero attached hydrogens (tertiary/aromatic N) is 1. The summed E-state index contributed by atoms with van der Waals surface area (Å²) in [6.45, 7) is 0.214. The van der Waals surface area contributed by atoms with Crippen molar-refractivity contribution in [2.75, 3.05) is 13.7 Å². The monoisotopic (exact) mass is 287 g/mol. The quantitative estimate of drug-likeness (QED) is 0.576. The molecule has 3 N–H and O–H groups in total. The van der Waals surface area contributed by atoms with Crippen molar-refractivity contribution in [3.63, 3.8) is 0 Å². The number of carbonyl (C=O) groups excluding carboxylic acids is 1. The maximum Gasteiger partial charge on any atom is 0.271 e. The van der Waals surface area contributed by atoms with Gasteiger partial charge in [0.1, 0.15) is 5.75 Å². The number of ether oxygens (including phenoxy) is 1. The van der Waals surface area contributed by atoms with Crippen LogP contribution in [0.25, 0.3) is 0 Å². The van der Waals surface area contributed by atoms with E-state index in [1.807, 2.05) is 0 Å². The van der Waals surface area contributed by atoms with Crippen LogP contribution in [0, 0.1) is 10.1 Å². The lowest BCUT2D eigenvalue weighted by molar-refractivity contribution is -0.384. The summed E-state index contributed by atoms with van der Waals surface area (Å²) in [6.07, 6.45) is 0.374. The minimum atomic E-state index is -0.542. The maximum absolute atomic E-state index is 11.0. The van der Waals surface area contributed by atoms with Crippen molar-refractivity contribution in [1.29, 1.82) is 0 Å². The number of halogens is 1.